The number of allylic oxidation sites excluding steroid dienone is 2. The largest absolute Gasteiger partial charge is 0.481 e. The number of carboxylic acid groups (broad SMARTS) is 1. The Hall–Kier alpha value is -2.05. The second-order valence-electron chi connectivity index (χ2n) is 20.8. The predicted octanol–water partition coefficient (Wildman–Crippen LogP) is 2.24. The van der Waals surface area contributed by atoms with Crippen LogP contribution < -0.4 is 0 Å². The zero-order chi connectivity index (χ0) is 42.7. The van der Waals surface area contributed by atoms with E-state index in [0.29, 0.717) is 25.7 Å². The smallest absolute Gasteiger partial charge is 0.337 e. The average molecular weight is 823 g/mol. The number of ether oxygens (including phenoxy) is 5. The number of methoxy groups -OCH3 is 1. The lowest BCUT2D eigenvalue weighted by molar-refractivity contribution is -0.365. The van der Waals surface area contributed by atoms with E-state index in [0.717, 1.165) is 44.8 Å². The standard InChI is InChI=1S/C43H66O15/c1-38(2)24-9-12-43(7)33(22(45)17-20-21-18-40(4,37(52)53)14-13-39(21,3)15-16-42(20,43)6)41(24,5)11-10-25(38)56-36-30(50)31(29(49)32(58-36)34(51)54-8)57-35-28(48)27(47)26(46)23(19-44)55-35/h17,21,23-33,35-36,44,46-50H,9-16,18-19H2,1-8H3,(H,52,53)/t21-,23+,24-,25-,26-,27-,28+,29-,30+,31-,32-,33+,35-,36+,39+,40-,41-,42+,43+/m0/s1. The van der Waals surface area contributed by atoms with Crippen LogP contribution >= 0.6 is 0 Å². The number of carbonyl (C=O) groups excluding carboxylic acids is 2. The SMILES string of the molecule is COC(=O)[C@H]1O[C@@H](O[C@H]2CC[C@]3(C)[C@H]4C(=O)C=C5[C@@H]6C[C@@](C)(C(=O)O)CC[C@]6(C)CC[C@@]5(C)[C@]4(C)CC[C@H]3C2(C)C)[C@H](O)[C@@H](O[C@@H]2O[C@H](CO)[C@H](O)[C@H](O)[C@H]2O)[C@@H]1O. The maximum atomic E-state index is 14.8. The molecule has 15 nitrogen and oxygen atoms in total. The zero-order valence-corrected chi connectivity index (χ0v) is 35.1. The number of aliphatic carboxylic acids is 1. The highest BCUT2D eigenvalue weighted by atomic mass is 16.7. The van der Waals surface area contributed by atoms with Crippen molar-refractivity contribution >= 4 is 17.7 Å². The van der Waals surface area contributed by atoms with Crippen LogP contribution in [0.1, 0.15) is 106 Å². The Balaban J connectivity index is 1.15. The number of aliphatic hydroxyl groups excluding tert-OH is 6. The summed E-state index contributed by atoms with van der Waals surface area (Å²) in [4.78, 5) is 40.3. The molecule has 0 unspecified atom stereocenters. The maximum absolute atomic E-state index is 14.8. The second kappa shape index (κ2) is 14.8. The van der Waals surface area contributed by atoms with Crippen LogP contribution in [0.2, 0.25) is 0 Å². The van der Waals surface area contributed by atoms with Crippen molar-refractivity contribution in [3.63, 3.8) is 0 Å². The van der Waals surface area contributed by atoms with Gasteiger partial charge in [0.05, 0.1) is 25.2 Å². The highest BCUT2D eigenvalue weighted by molar-refractivity contribution is 5.95. The number of aliphatic hydroxyl groups is 6. The Morgan fingerprint density at radius 3 is 2.09 bits per heavy atom. The molecule has 0 aromatic rings. The number of rotatable bonds is 7. The van der Waals surface area contributed by atoms with Crippen LogP contribution in [-0.2, 0) is 38.1 Å². The number of hydrogen-bond acceptors (Lipinski definition) is 14. The summed E-state index contributed by atoms with van der Waals surface area (Å²) >= 11 is 0. The van der Waals surface area contributed by atoms with Gasteiger partial charge >= 0.3 is 11.9 Å². The molecule has 5 aliphatic carbocycles. The van der Waals surface area contributed by atoms with Gasteiger partial charge in [-0.3, -0.25) is 9.59 Å². The van der Waals surface area contributed by atoms with Gasteiger partial charge in [-0.05, 0) is 110 Å². The first-order valence-electron chi connectivity index (χ1n) is 21.1. The van der Waals surface area contributed by atoms with E-state index in [2.05, 4.69) is 41.5 Å². The molecule has 19 atom stereocenters. The van der Waals surface area contributed by atoms with E-state index in [4.69, 9.17) is 23.7 Å². The normalized spacial score (nSPS) is 52.6. The highest BCUT2D eigenvalue weighted by Crippen LogP contribution is 2.75. The fourth-order valence-electron chi connectivity index (χ4n) is 13.5. The maximum Gasteiger partial charge on any atom is 0.337 e. The molecule has 0 aromatic carbocycles. The van der Waals surface area contributed by atoms with Crippen LogP contribution in [-0.4, -0.2) is 135 Å². The van der Waals surface area contributed by atoms with Crippen molar-refractivity contribution in [3.05, 3.63) is 11.6 Å². The summed E-state index contributed by atoms with van der Waals surface area (Å²) in [5.74, 6) is -1.93. The first-order valence-corrected chi connectivity index (χ1v) is 21.1. The van der Waals surface area contributed by atoms with Gasteiger partial charge in [0.25, 0.3) is 0 Å². The molecule has 0 spiro atoms. The zero-order valence-electron chi connectivity index (χ0n) is 35.1. The number of carbonyl (C=O) groups is 3. The van der Waals surface area contributed by atoms with Crippen LogP contribution in [0.4, 0.5) is 0 Å². The number of ketones is 1. The van der Waals surface area contributed by atoms with Gasteiger partial charge in [-0.2, -0.15) is 0 Å². The Morgan fingerprint density at radius 2 is 1.45 bits per heavy atom. The minimum atomic E-state index is -1.84. The first kappa shape index (κ1) is 44.0. The average Bonchev–Trinajstić information content (AvgIpc) is 3.16. The van der Waals surface area contributed by atoms with Gasteiger partial charge in [0.15, 0.2) is 24.5 Å². The van der Waals surface area contributed by atoms with Crippen LogP contribution in [0.5, 0.6) is 0 Å². The third-order valence-corrected chi connectivity index (χ3v) is 17.4. The summed E-state index contributed by atoms with van der Waals surface area (Å²) in [5, 5.41) is 74.1. The van der Waals surface area contributed by atoms with Crippen molar-refractivity contribution in [2.45, 2.75) is 174 Å². The van der Waals surface area contributed by atoms with Gasteiger partial charge in [-0.25, -0.2) is 4.79 Å². The predicted molar refractivity (Wildman–Crippen MR) is 203 cm³/mol. The molecule has 4 saturated carbocycles. The summed E-state index contributed by atoms with van der Waals surface area (Å²) in [6, 6.07) is 0. The van der Waals surface area contributed by atoms with E-state index in [1.54, 1.807) is 0 Å². The molecular formula is C43H66O15. The van der Waals surface area contributed by atoms with Crippen LogP contribution in [0, 0.1) is 50.2 Å². The van der Waals surface area contributed by atoms with E-state index < -0.39 is 102 Å². The van der Waals surface area contributed by atoms with Crippen molar-refractivity contribution < 1.29 is 73.8 Å². The summed E-state index contributed by atoms with van der Waals surface area (Å²) < 4.78 is 28.7. The summed E-state index contributed by atoms with van der Waals surface area (Å²) in [6.07, 6.45) is -8.92. The Labute approximate surface area is 340 Å². The molecule has 328 valence electrons. The van der Waals surface area contributed by atoms with Crippen molar-refractivity contribution in [1.29, 1.82) is 0 Å². The summed E-state index contributed by atoms with van der Waals surface area (Å²) in [5.41, 5.74) is -1.46. The molecule has 2 aliphatic heterocycles. The lowest BCUT2D eigenvalue weighted by Crippen LogP contribution is -2.68. The molecule has 2 heterocycles. The molecule has 6 fully saturated rings. The fourth-order valence-corrected chi connectivity index (χ4v) is 13.5. The molecule has 7 rings (SSSR count). The van der Waals surface area contributed by atoms with E-state index in [-0.39, 0.29) is 39.8 Å². The molecule has 7 N–H and O–H groups in total. The minimum Gasteiger partial charge on any atom is -0.481 e. The van der Waals surface area contributed by atoms with Gasteiger partial charge in [0, 0.05) is 5.92 Å². The molecule has 58 heavy (non-hydrogen) atoms. The van der Waals surface area contributed by atoms with Crippen molar-refractivity contribution in [1.82, 2.24) is 0 Å². The molecule has 0 aromatic heterocycles. The number of carboxylic acids is 1. The van der Waals surface area contributed by atoms with Crippen molar-refractivity contribution in [2.75, 3.05) is 13.7 Å². The first-order chi connectivity index (χ1) is 26.9. The van der Waals surface area contributed by atoms with E-state index in [1.807, 2.05) is 13.0 Å². The Kier molecular flexibility index (Phi) is 11.2. The molecule has 15 heteroatoms. The van der Waals surface area contributed by atoms with Gasteiger partial charge in [0.2, 0.25) is 0 Å². The number of fused-ring (bicyclic) bond motifs is 7. The van der Waals surface area contributed by atoms with Gasteiger partial charge in [0.1, 0.15) is 42.7 Å². The monoisotopic (exact) mass is 822 g/mol. The van der Waals surface area contributed by atoms with E-state index >= 15 is 0 Å². The van der Waals surface area contributed by atoms with Gasteiger partial charge in [-0.1, -0.05) is 47.1 Å². The molecule has 7 aliphatic rings. The van der Waals surface area contributed by atoms with Gasteiger partial charge in [-0.15, -0.1) is 0 Å². The van der Waals surface area contributed by atoms with Crippen LogP contribution in [0.15, 0.2) is 11.6 Å². The molecular weight excluding hydrogens is 756 g/mol. The van der Waals surface area contributed by atoms with Crippen molar-refractivity contribution in [2.24, 2.45) is 50.2 Å². The minimum absolute atomic E-state index is 0.0108. The van der Waals surface area contributed by atoms with Crippen LogP contribution in [0.25, 0.3) is 0 Å². The molecule has 0 radical (unpaired) electrons. The Bertz CT molecular complexity index is 1660. The Morgan fingerprint density at radius 1 is 0.793 bits per heavy atom. The lowest BCUT2D eigenvalue weighted by atomic mass is 9.33. The molecule has 0 bridgehead atoms. The number of hydrogen-bond donors (Lipinski definition) is 7. The highest BCUT2D eigenvalue weighted by Gasteiger charge is 2.71. The topological polar surface area (TPSA) is 239 Å². The number of esters is 1. The lowest BCUT2D eigenvalue weighted by Gasteiger charge is -2.70. The van der Waals surface area contributed by atoms with E-state index in [1.165, 1.54) is 0 Å². The summed E-state index contributed by atoms with van der Waals surface area (Å²) in [7, 11) is 1.11. The quantitative estimate of drug-likeness (QED) is 0.144. The fraction of sp³-hybridized carbons (Fsp3) is 0.884. The molecule has 0 amide bonds. The second-order valence-corrected chi connectivity index (χ2v) is 20.8. The summed E-state index contributed by atoms with van der Waals surface area (Å²) in [6.45, 7) is 14.4. The van der Waals surface area contributed by atoms with E-state index in [9.17, 15) is 50.1 Å². The van der Waals surface area contributed by atoms with Crippen molar-refractivity contribution in [3.8, 4) is 0 Å². The third kappa shape index (κ3) is 6.38. The third-order valence-electron chi connectivity index (χ3n) is 17.4. The van der Waals surface area contributed by atoms with Gasteiger partial charge < -0.3 is 59.4 Å². The molecule has 2 saturated heterocycles. The van der Waals surface area contributed by atoms with Crippen LogP contribution in [0.3, 0.4) is 0 Å².